The van der Waals surface area contributed by atoms with Gasteiger partial charge in [0, 0.05) is 26.7 Å². The Balaban J connectivity index is 2.18. The smallest absolute Gasteiger partial charge is 0.272 e. The van der Waals surface area contributed by atoms with Crippen LogP contribution in [-0.2, 0) is 5.41 Å². The molecular weight excluding hydrogens is 387 g/mol. The number of aromatic nitrogens is 4. The number of nitrogens with zero attached hydrogens (tertiary/aromatic N) is 1. The Hall–Kier alpha value is -2.57. The second-order valence-corrected chi connectivity index (χ2v) is 7.89. The molecule has 0 aliphatic carbocycles. The SMILES string of the molecule is CC(C)(C)c1[nH]cnc1/C=c1\[nH]c(=O)/c(=C/c2c(Cl)cccc2Cl)[nH]c1=O. The number of rotatable bonds is 2. The average molecular weight is 405 g/mol. The number of halogens is 2. The summed E-state index contributed by atoms with van der Waals surface area (Å²) < 4.78 is 0. The summed E-state index contributed by atoms with van der Waals surface area (Å²) in [5.41, 5.74) is 0.803. The third-order valence-corrected chi connectivity index (χ3v) is 4.63. The first kappa shape index (κ1) is 19.2. The first-order chi connectivity index (χ1) is 12.7. The molecule has 1 aromatic carbocycles. The van der Waals surface area contributed by atoms with Gasteiger partial charge in [0.2, 0.25) is 0 Å². The number of hydrogen-bond acceptors (Lipinski definition) is 3. The molecule has 2 aromatic heterocycles. The van der Waals surface area contributed by atoms with Gasteiger partial charge in [-0.05, 0) is 24.3 Å². The van der Waals surface area contributed by atoms with Gasteiger partial charge in [-0.3, -0.25) is 9.59 Å². The molecule has 0 amide bonds. The third-order valence-electron chi connectivity index (χ3n) is 3.97. The van der Waals surface area contributed by atoms with E-state index in [1.54, 1.807) is 30.6 Å². The standard InChI is InChI=1S/C19H18Cl2N4O2/c1-19(2,3)16-13(22-9-23-16)8-15-18(27)24-14(17(26)25-15)7-10-11(20)5-4-6-12(10)21/h4-9H,1-3H3,(H,22,23)(H,24,27)(H,25,26)/b14-7-,15-8-. The van der Waals surface area contributed by atoms with Crippen molar-refractivity contribution in [3.8, 4) is 0 Å². The summed E-state index contributed by atoms with van der Waals surface area (Å²) in [6, 6.07) is 5.00. The van der Waals surface area contributed by atoms with Crippen LogP contribution in [0, 0.1) is 0 Å². The summed E-state index contributed by atoms with van der Waals surface area (Å²) in [7, 11) is 0. The number of aromatic amines is 3. The van der Waals surface area contributed by atoms with E-state index in [4.69, 9.17) is 23.2 Å². The molecule has 6 nitrogen and oxygen atoms in total. The fraction of sp³-hybridized carbons (Fsp3) is 0.211. The lowest BCUT2D eigenvalue weighted by Gasteiger charge is -2.16. The summed E-state index contributed by atoms with van der Waals surface area (Å²) >= 11 is 12.2. The largest absolute Gasteiger partial charge is 0.348 e. The van der Waals surface area contributed by atoms with E-state index in [0.29, 0.717) is 21.3 Å². The van der Waals surface area contributed by atoms with E-state index in [1.165, 1.54) is 6.08 Å². The molecule has 0 radical (unpaired) electrons. The zero-order valence-corrected chi connectivity index (χ0v) is 16.5. The molecule has 0 atom stereocenters. The van der Waals surface area contributed by atoms with E-state index in [9.17, 15) is 9.59 Å². The average Bonchev–Trinajstić information content (AvgIpc) is 3.04. The second kappa shape index (κ2) is 7.21. The van der Waals surface area contributed by atoms with Crippen LogP contribution in [-0.4, -0.2) is 19.9 Å². The van der Waals surface area contributed by atoms with Crippen LogP contribution >= 0.6 is 23.2 Å². The van der Waals surface area contributed by atoms with Crippen LogP contribution in [0.4, 0.5) is 0 Å². The van der Waals surface area contributed by atoms with E-state index in [0.717, 1.165) is 5.69 Å². The molecule has 27 heavy (non-hydrogen) atoms. The quantitative estimate of drug-likeness (QED) is 0.609. The minimum atomic E-state index is -0.468. The second-order valence-electron chi connectivity index (χ2n) is 7.07. The highest BCUT2D eigenvalue weighted by Crippen LogP contribution is 2.24. The van der Waals surface area contributed by atoms with Crippen molar-refractivity contribution >= 4 is 35.4 Å². The van der Waals surface area contributed by atoms with Crippen molar-refractivity contribution in [3.63, 3.8) is 0 Å². The monoisotopic (exact) mass is 404 g/mol. The summed E-state index contributed by atoms with van der Waals surface area (Å²) in [4.78, 5) is 37.4. The van der Waals surface area contributed by atoms with Gasteiger partial charge in [-0.1, -0.05) is 50.0 Å². The predicted octanol–water partition coefficient (Wildman–Crippen LogP) is 2.05. The van der Waals surface area contributed by atoms with Crippen molar-refractivity contribution in [1.82, 2.24) is 19.9 Å². The summed E-state index contributed by atoms with van der Waals surface area (Å²) in [6.07, 6.45) is 4.55. The Morgan fingerprint density at radius 3 is 2.07 bits per heavy atom. The fourth-order valence-corrected chi connectivity index (χ4v) is 3.15. The molecule has 8 heteroatoms. The van der Waals surface area contributed by atoms with Crippen LogP contribution in [0.15, 0.2) is 34.1 Å². The van der Waals surface area contributed by atoms with E-state index in [-0.39, 0.29) is 16.1 Å². The highest BCUT2D eigenvalue weighted by molar-refractivity contribution is 6.37. The number of imidazole rings is 1. The number of benzene rings is 1. The van der Waals surface area contributed by atoms with Crippen LogP contribution in [0.1, 0.15) is 37.7 Å². The fourth-order valence-electron chi connectivity index (χ4n) is 2.64. The van der Waals surface area contributed by atoms with Crippen LogP contribution in [0.5, 0.6) is 0 Å². The Morgan fingerprint density at radius 2 is 1.52 bits per heavy atom. The predicted molar refractivity (Wildman–Crippen MR) is 108 cm³/mol. The van der Waals surface area contributed by atoms with E-state index in [1.807, 2.05) is 20.8 Å². The first-order valence-electron chi connectivity index (χ1n) is 8.21. The van der Waals surface area contributed by atoms with Crippen molar-refractivity contribution < 1.29 is 0 Å². The molecule has 3 aromatic rings. The van der Waals surface area contributed by atoms with Gasteiger partial charge in [0.05, 0.1) is 12.0 Å². The molecule has 0 aliphatic heterocycles. The molecular formula is C19H18Cl2N4O2. The van der Waals surface area contributed by atoms with Crippen LogP contribution < -0.4 is 21.8 Å². The first-order valence-corrected chi connectivity index (χ1v) is 8.96. The van der Waals surface area contributed by atoms with Crippen LogP contribution in [0.3, 0.4) is 0 Å². The van der Waals surface area contributed by atoms with E-state index >= 15 is 0 Å². The lowest BCUT2D eigenvalue weighted by Crippen LogP contribution is -2.46. The summed E-state index contributed by atoms with van der Waals surface area (Å²) in [5, 5.41) is 0.930. The molecule has 3 N–H and O–H groups in total. The molecule has 0 saturated heterocycles. The maximum atomic E-state index is 12.5. The summed E-state index contributed by atoms with van der Waals surface area (Å²) in [5.74, 6) is 0. The zero-order valence-electron chi connectivity index (χ0n) is 15.0. The molecule has 0 aliphatic rings. The molecule has 140 valence electrons. The van der Waals surface area contributed by atoms with Gasteiger partial charge in [-0.25, -0.2) is 4.98 Å². The number of H-pyrrole nitrogens is 3. The Morgan fingerprint density at radius 1 is 0.963 bits per heavy atom. The van der Waals surface area contributed by atoms with E-state index in [2.05, 4.69) is 19.9 Å². The third kappa shape index (κ3) is 4.07. The maximum Gasteiger partial charge on any atom is 0.272 e. The molecule has 0 spiro atoms. The lowest BCUT2D eigenvalue weighted by atomic mass is 9.90. The Kier molecular flexibility index (Phi) is 5.13. The molecule has 0 fully saturated rings. The van der Waals surface area contributed by atoms with Gasteiger partial charge in [0.25, 0.3) is 11.1 Å². The Labute approximate surface area is 164 Å². The van der Waals surface area contributed by atoms with Gasteiger partial charge >= 0.3 is 0 Å². The van der Waals surface area contributed by atoms with Crippen molar-refractivity contribution in [2.24, 2.45) is 0 Å². The molecule has 0 saturated carbocycles. The van der Waals surface area contributed by atoms with E-state index < -0.39 is 11.1 Å². The summed E-state index contributed by atoms with van der Waals surface area (Å²) in [6.45, 7) is 6.07. The minimum Gasteiger partial charge on any atom is -0.348 e. The normalized spacial score (nSPS) is 13.4. The molecule has 3 rings (SSSR count). The Bertz CT molecular complexity index is 1210. The van der Waals surface area contributed by atoms with Gasteiger partial charge in [-0.15, -0.1) is 0 Å². The molecule has 0 unspecified atom stereocenters. The van der Waals surface area contributed by atoms with Crippen molar-refractivity contribution in [3.05, 3.63) is 82.9 Å². The highest BCUT2D eigenvalue weighted by Gasteiger charge is 2.19. The van der Waals surface area contributed by atoms with Crippen molar-refractivity contribution in [2.45, 2.75) is 26.2 Å². The van der Waals surface area contributed by atoms with Gasteiger partial charge in [-0.2, -0.15) is 0 Å². The topological polar surface area (TPSA) is 94.4 Å². The lowest BCUT2D eigenvalue weighted by molar-refractivity contribution is 0.571. The highest BCUT2D eigenvalue weighted by atomic mass is 35.5. The van der Waals surface area contributed by atoms with Gasteiger partial charge < -0.3 is 15.0 Å². The number of nitrogens with one attached hydrogen (secondary N) is 3. The van der Waals surface area contributed by atoms with Gasteiger partial charge in [0.15, 0.2) is 0 Å². The van der Waals surface area contributed by atoms with Crippen molar-refractivity contribution in [1.29, 1.82) is 0 Å². The zero-order chi connectivity index (χ0) is 19.8. The van der Waals surface area contributed by atoms with Crippen molar-refractivity contribution in [2.75, 3.05) is 0 Å². The van der Waals surface area contributed by atoms with Crippen LogP contribution in [0.2, 0.25) is 10.0 Å². The molecule has 2 heterocycles. The number of hydrogen-bond donors (Lipinski definition) is 3. The minimum absolute atomic E-state index is 0.0604. The molecule has 0 bridgehead atoms. The maximum absolute atomic E-state index is 12.5. The van der Waals surface area contributed by atoms with Gasteiger partial charge in [0.1, 0.15) is 10.7 Å². The van der Waals surface area contributed by atoms with Crippen LogP contribution in [0.25, 0.3) is 12.2 Å².